The summed E-state index contributed by atoms with van der Waals surface area (Å²) in [7, 11) is 0. The fourth-order valence-electron chi connectivity index (χ4n) is 7.60. The summed E-state index contributed by atoms with van der Waals surface area (Å²) in [5, 5.41) is 12.3. The van der Waals surface area contributed by atoms with Gasteiger partial charge in [-0.1, -0.05) is 205 Å². The van der Waals surface area contributed by atoms with Gasteiger partial charge in [0.1, 0.15) is 30.5 Å². The van der Waals surface area contributed by atoms with Crippen LogP contribution in [0.25, 0.3) is 0 Å². The molecule has 4 aromatic rings. The van der Waals surface area contributed by atoms with Crippen LogP contribution < -0.4 is 0 Å². The number of aliphatic hydroxyl groups is 1. The molecule has 57 heavy (non-hydrogen) atoms. The number of hydrogen-bond donors (Lipinski definition) is 1. The standard InChI is InChI=1S/C50H66O7/c1-2-3-4-5-6-7-8-9-10-11-12-13-26-35-44(51)57-47-45(52)46(53-36-40-27-18-14-19-28-40)48(54-37-41-29-20-15-21-30-41)50(56-39-43-33-24-17-25-34-43)49(47)55-38-42-31-22-16-23-32-42/h14-25,27-34,45-50,52H,2-13,26,35-39H2,1H3/t45-,46-,47-,48+,49-,50-/m1/s1. The van der Waals surface area contributed by atoms with E-state index in [1.54, 1.807) is 0 Å². The highest BCUT2D eigenvalue weighted by Crippen LogP contribution is 2.35. The van der Waals surface area contributed by atoms with E-state index < -0.39 is 36.6 Å². The highest BCUT2D eigenvalue weighted by atomic mass is 16.6. The summed E-state index contributed by atoms with van der Waals surface area (Å²) in [6.07, 6.45) is 10.7. The molecule has 7 heteroatoms. The molecule has 1 aliphatic rings. The third kappa shape index (κ3) is 15.8. The zero-order chi connectivity index (χ0) is 39.8. The predicted molar refractivity (Wildman–Crippen MR) is 226 cm³/mol. The molecule has 1 N–H and O–H groups in total. The molecule has 7 nitrogen and oxygen atoms in total. The van der Waals surface area contributed by atoms with Gasteiger partial charge in [-0.15, -0.1) is 0 Å². The molecule has 1 saturated carbocycles. The average Bonchev–Trinajstić information content (AvgIpc) is 3.25. The van der Waals surface area contributed by atoms with Crippen LogP contribution in [0, 0.1) is 0 Å². The minimum absolute atomic E-state index is 0.230. The van der Waals surface area contributed by atoms with Crippen molar-refractivity contribution in [2.24, 2.45) is 0 Å². The van der Waals surface area contributed by atoms with Crippen LogP contribution in [0.4, 0.5) is 0 Å². The lowest BCUT2D eigenvalue weighted by molar-refractivity contribution is -0.277. The van der Waals surface area contributed by atoms with Gasteiger partial charge in [0, 0.05) is 6.42 Å². The zero-order valence-electron chi connectivity index (χ0n) is 34.1. The van der Waals surface area contributed by atoms with Crippen molar-refractivity contribution in [2.45, 2.75) is 160 Å². The molecule has 4 aromatic carbocycles. The van der Waals surface area contributed by atoms with E-state index in [4.69, 9.17) is 23.7 Å². The van der Waals surface area contributed by atoms with Crippen molar-refractivity contribution in [3.63, 3.8) is 0 Å². The Morgan fingerprint density at radius 1 is 0.421 bits per heavy atom. The van der Waals surface area contributed by atoms with Gasteiger partial charge in [-0.05, 0) is 28.7 Å². The summed E-state index contributed by atoms with van der Waals surface area (Å²) >= 11 is 0. The van der Waals surface area contributed by atoms with Gasteiger partial charge in [0.25, 0.3) is 0 Å². The number of ether oxygens (including phenoxy) is 5. The second kappa shape index (κ2) is 26.2. The third-order valence-electron chi connectivity index (χ3n) is 10.9. The number of aliphatic hydroxyl groups excluding tert-OH is 1. The van der Waals surface area contributed by atoms with Crippen molar-refractivity contribution in [1.82, 2.24) is 0 Å². The molecule has 0 spiro atoms. The molecule has 0 heterocycles. The van der Waals surface area contributed by atoms with E-state index in [0.29, 0.717) is 0 Å². The van der Waals surface area contributed by atoms with Gasteiger partial charge in [-0.25, -0.2) is 0 Å². The van der Waals surface area contributed by atoms with Crippen LogP contribution in [0.1, 0.15) is 119 Å². The summed E-state index contributed by atoms with van der Waals surface area (Å²) in [5.74, 6) is -0.359. The summed E-state index contributed by atoms with van der Waals surface area (Å²) in [6, 6.07) is 39.6. The Bertz CT molecular complexity index is 1600. The largest absolute Gasteiger partial charge is 0.457 e. The zero-order valence-corrected chi connectivity index (χ0v) is 34.1. The molecule has 0 amide bonds. The van der Waals surface area contributed by atoms with Crippen molar-refractivity contribution < 1.29 is 33.6 Å². The lowest BCUT2D eigenvalue weighted by Gasteiger charge is -2.48. The van der Waals surface area contributed by atoms with Gasteiger partial charge in [-0.3, -0.25) is 4.79 Å². The molecule has 0 aromatic heterocycles. The third-order valence-corrected chi connectivity index (χ3v) is 10.9. The number of rotatable bonds is 27. The molecule has 0 unspecified atom stereocenters. The van der Waals surface area contributed by atoms with Gasteiger partial charge in [-0.2, -0.15) is 0 Å². The lowest BCUT2D eigenvalue weighted by atomic mass is 9.83. The maximum absolute atomic E-state index is 13.6. The molecule has 0 bridgehead atoms. The summed E-state index contributed by atoms with van der Waals surface area (Å²) in [4.78, 5) is 13.6. The number of hydrogen-bond acceptors (Lipinski definition) is 7. The number of esters is 1. The van der Waals surface area contributed by atoms with Gasteiger partial charge in [0.15, 0.2) is 6.10 Å². The van der Waals surface area contributed by atoms with Crippen LogP contribution >= 0.6 is 0 Å². The molecule has 0 aliphatic heterocycles. The molecule has 308 valence electrons. The summed E-state index contributed by atoms with van der Waals surface area (Å²) in [6.45, 7) is 3.26. The SMILES string of the molecule is CCCCCCCCCCCCCCCC(=O)O[C@@H]1[C@H](O)[C@@H](OCc2ccccc2)[C@H](OCc2ccccc2)[C@@H](OCc2ccccc2)[C@@H]1OCc1ccccc1. The molecule has 5 rings (SSSR count). The fraction of sp³-hybridized carbons (Fsp3) is 0.500. The van der Waals surface area contributed by atoms with E-state index in [2.05, 4.69) is 6.92 Å². The first-order valence-corrected chi connectivity index (χ1v) is 21.6. The summed E-state index contributed by atoms with van der Waals surface area (Å²) < 4.78 is 33.0. The van der Waals surface area contributed by atoms with Crippen LogP contribution in [0.5, 0.6) is 0 Å². The van der Waals surface area contributed by atoms with Gasteiger partial charge in [0.05, 0.1) is 26.4 Å². The van der Waals surface area contributed by atoms with Crippen molar-refractivity contribution in [3.8, 4) is 0 Å². The maximum atomic E-state index is 13.6. The Balaban J connectivity index is 1.29. The Morgan fingerprint density at radius 2 is 0.719 bits per heavy atom. The molecule has 0 saturated heterocycles. The minimum Gasteiger partial charge on any atom is -0.457 e. The molecule has 0 radical (unpaired) electrons. The first-order valence-electron chi connectivity index (χ1n) is 21.6. The first-order chi connectivity index (χ1) is 28.1. The Hall–Kier alpha value is -3.85. The maximum Gasteiger partial charge on any atom is 0.306 e. The van der Waals surface area contributed by atoms with Crippen LogP contribution in [0.3, 0.4) is 0 Å². The smallest absolute Gasteiger partial charge is 0.306 e. The average molecular weight is 779 g/mol. The number of benzene rings is 4. The van der Waals surface area contributed by atoms with Crippen molar-refractivity contribution in [3.05, 3.63) is 144 Å². The molecular weight excluding hydrogens is 713 g/mol. The minimum atomic E-state index is -1.25. The second-order valence-corrected chi connectivity index (χ2v) is 15.5. The molecule has 6 atom stereocenters. The van der Waals surface area contributed by atoms with E-state index in [9.17, 15) is 9.90 Å². The fourth-order valence-corrected chi connectivity index (χ4v) is 7.60. The quantitative estimate of drug-likeness (QED) is 0.0477. The number of carbonyl (C=O) groups is 1. The normalized spacial score (nSPS) is 20.7. The van der Waals surface area contributed by atoms with Gasteiger partial charge in [0.2, 0.25) is 0 Å². The number of carbonyl (C=O) groups excluding carboxylic acids is 1. The number of unbranched alkanes of at least 4 members (excludes halogenated alkanes) is 12. The van der Waals surface area contributed by atoms with E-state index in [-0.39, 0.29) is 38.8 Å². The van der Waals surface area contributed by atoms with Gasteiger partial charge < -0.3 is 28.8 Å². The van der Waals surface area contributed by atoms with Crippen molar-refractivity contribution >= 4 is 5.97 Å². The van der Waals surface area contributed by atoms with Crippen molar-refractivity contribution in [1.29, 1.82) is 0 Å². The van der Waals surface area contributed by atoms with E-state index in [0.717, 1.165) is 41.5 Å². The molecular formula is C50H66O7. The lowest BCUT2D eigenvalue weighted by Crippen LogP contribution is -2.67. The second-order valence-electron chi connectivity index (χ2n) is 15.5. The topological polar surface area (TPSA) is 83.5 Å². The first kappa shape index (κ1) is 44.3. The molecule has 1 fully saturated rings. The highest BCUT2D eigenvalue weighted by molar-refractivity contribution is 5.69. The van der Waals surface area contributed by atoms with E-state index in [1.165, 1.54) is 64.2 Å². The monoisotopic (exact) mass is 778 g/mol. The van der Waals surface area contributed by atoms with Gasteiger partial charge >= 0.3 is 5.97 Å². The van der Waals surface area contributed by atoms with Crippen LogP contribution in [-0.2, 0) is 54.9 Å². The van der Waals surface area contributed by atoms with Crippen molar-refractivity contribution in [2.75, 3.05) is 0 Å². The van der Waals surface area contributed by atoms with Crippen LogP contribution in [-0.4, -0.2) is 47.7 Å². The van der Waals surface area contributed by atoms with E-state index >= 15 is 0 Å². The summed E-state index contributed by atoms with van der Waals surface area (Å²) in [5.41, 5.74) is 3.86. The van der Waals surface area contributed by atoms with Crippen LogP contribution in [0.15, 0.2) is 121 Å². The Labute approximate surface area is 342 Å². The predicted octanol–water partition coefficient (Wildman–Crippen LogP) is 11.1. The Kier molecular flexibility index (Phi) is 20.4. The highest BCUT2D eigenvalue weighted by Gasteiger charge is 2.55. The Morgan fingerprint density at radius 3 is 1.09 bits per heavy atom. The van der Waals surface area contributed by atoms with E-state index in [1.807, 2.05) is 121 Å². The molecule has 1 aliphatic carbocycles. The van der Waals surface area contributed by atoms with Crippen LogP contribution in [0.2, 0.25) is 0 Å².